The average Bonchev–Trinajstić information content (AvgIpc) is 2.43. The standard InChI is InChI=1S/C14H27NO3/c1-4-9-18-14(17)11(2)15(3)13-7-5-12(10-16)6-8-13/h11-13,16H,4-10H2,1-3H3. The second kappa shape index (κ2) is 7.74. The minimum Gasteiger partial charge on any atom is -0.465 e. The summed E-state index contributed by atoms with van der Waals surface area (Å²) in [5.74, 6) is 0.334. The van der Waals surface area contributed by atoms with Gasteiger partial charge < -0.3 is 9.84 Å². The zero-order valence-electron chi connectivity index (χ0n) is 11.9. The lowest BCUT2D eigenvalue weighted by Crippen LogP contribution is -2.45. The molecule has 0 saturated heterocycles. The van der Waals surface area contributed by atoms with Crippen molar-refractivity contribution in [3.63, 3.8) is 0 Å². The summed E-state index contributed by atoms with van der Waals surface area (Å²) in [4.78, 5) is 13.9. The molecule has 0 heterocycles. The number of ether oxygens (including phenoxy) is 1. The van der Waals surface area contributed by atoms with Crippen LogP contribution in [0.25, 0.3) is 0 Å². The molecule has 0 amide bonds. The molecule has 4 heteroatoms. The topological polar surface area (TPSA) is 49.8 Å². The van der Waals surface area contributed by atoms with E-state index in [0.717, 1.165) is 32.1 Å². The Morgan fingerprint density at radius 1 is 1.39 bits per heavy atom. The maximum atomic E-state index is 11.8. The van der Waals surface area contributed by atoms with Crippen LogP contribution >= 0.6 is 0 Å². The Kier molecular flexibility index (Phi) is 6.65. The van der Waals surface area contributed by atoms with E-state index in [-0.39, 0.29) is 12.0 Å². The highest BCUT2D eigenvalue weighted by Crippen LogP contribution is 2.27. The van der Waals surface area contributed by atoms with Crippen LogP contribution in [0.5, 0.6) is 0 Å². The van der Waals surface area contributed by atoms with E-state index < -0.39 is 0 Å². The first kappa shape index (κ1) is 15.4. The average molecular weight is 257 g/mol. The third kappa shape index (κ3) is 4.25. The van der Waals surface area contributed by atoms with Crippen LogP contribution in [0.3, 0.4) is 0 Å². The summed E-state index contributed by atoms with van der Waals surface area (Å²) in [7, 11) is 2.00. The summed E-state index contributed by atoms with van der Waals surface area (Å²) in [5.41, 5.74) is 0. The number of esters is 1. The van der Waals surface area contributed by atoms with Gasteiger partial charge in [-0.05, 0) is 52.0 Å². The van der Waals surface area contributed by atoms with Gasteiger partial charge >= 0.3 is 5.97 Å². The van der Waals surface area contributed by atoms with Crippen LogP contribution in [0.4, 0.5) is 0 Å². The number of nitrogens with zero attached hydrogens (tertiary/aromatic N) is 1. The summed E-state index contributed by atoms with van der Waals surface area (Å²) in [6.45, 7) is 4.72. The number of carbonyl (C=O) groups is 1. The molecule has 1 rings (SSSR count). The molecule has 1 saturated carbocycles. The minimum atomic E-state index is -0.174. The van der Waals surface area contributed by atoms with Crippen molar-refractivity contribution in [1.82, 2.24) is 4.90 Å². The van der Waals surface area contributed by atoms with Gasteiger partial charge in [-0.1, -0.05) is 6.92 Å². The maximum Gasteiger partial charge on any atom is 0.323 e. The van der Waals surface area contributed by atoms with Gasteiger partial charge in [0, 0.05) is 12.6 Å². The van der Waals surface area contributed by atoms with Gasteiger partial charge in [0.1, 0.15) is 6.04 Å². The van der Waals surface area contributed by atoms with Gasteiger partial charge in [-0.2, -0.15) is 0 Å². The van der Waals surface area contributed by atoms with Crippen molar-refractivity contribution in [1.29, 1.82) is 0 Å². The number of aliphatic hydroxyl groups is 1. The Balaban J connectivity index is 2.39. The van der Waals surface area contributed by atoms with Gasteiger partial charge in [-0.15, -0.1) is 0 Å². The minimum absolute atomic E-state index is 0.122. The van der Waals surface area contributed by atoms with Crippen LogP contribution in [0.1, 0.15) is 46.0 Å². The van der Waals surface area contributed by atoms with E-state index >= 15 is 0 Å². The molecule has 0 aromatic carbocycles. The van der Waals surface area contributed by atoms with E-state index in [1.54, 1.807) is 0 Å². The molecule has 0 aromatic rings. The number of hydrogen-bond acceptors (Lipinski definition) is 4. The highest BCUT2D eigenvalue weighted by Gasteiger charge is 2.29. The Bertz CT molecular complexity index is 249. The van der Waals surface area contributed by atoms with Crippen molar-refractivity contribution in [3.8, 4) is 0 Å². The van der Waals surface area contributed by atoms with Gasteiger partial charge in [0.25, 0.3) is 0 Å². The number of rotatable bonds is 6. The largest absolute Gasteiger partial charge is 0.465 e. The van der Waals surface area contributed by atoms with E-state index in [1.165, 1.54) is 0 Å². The van der Waals surface area contributed by atoms with E-state index in [0.29, 0.717) is 25.2 Å². The summed E-state index contributed by atoms with van der Waals surface area (Å²) in [5, 5.41) is 9.12. The zero-order valence-corrected chi connectivity index (χ0v) is 11.9. The molecule has 1 unspecified atom stereocenters. The molecular weight excluding hydrogens is 230 g/mol. The summed E-state index contributed by atoms with van der Waals surface area (Å²) in [6, 6.07) is 0.268. The fourth-order valence-electron chi connectivity index (χ4n) is 2.54. The molecular formula is C14H27NO3. The maximum absolute atomic E-state index is 11.8. The molecule has 1 fully saturated rings. The molecule has 1 aliphatic rings. The summed E-state index contributed by atoms with van der Waals surface area (Å²) < 4.78 is 5.19. The van der Waals surface area contributed by atoms with Gasteiger partial charge in [0.2, 0.25) is 0 Å². The second-order valence-corrected chi connectivity index (χ2v) is 5.37. The van der Waals surface area contributed by atoms with E-state index in [9.17, 15) is 4.79 Å². The van der Waals surface area contributed by atoms with E-state index in [4.69, 9.17) is 9.84 Å². The Morgan fingerprint density at radius 2 is 2.00 bits per heavy atom. The van der Waals surface area contributed by atoms with Crippen LogP contribution in [0, 0.1) is 5.92 Å². The van der Waals surface area contributed by atoms with Crippen molar-refractivity contribution >= 4 is 5.97 Å². The first-order chi connectivity index (χ1) is 8.60. The van der Waals surface area contributed by atoms with E-state index in [1.807, 2.05) is 20.9 Å². The molecule has 0 aliphatic heterocycles. The Hall–Kier alpha value is -0.610. The van der Waals surface area contributed by atoms with Gasteiger partial charge in [-0.3, -0.25) is 9.69 Å². The van der Waals surface area contributed by atoms with Crippen molar-refractivity contribution in [3.05, 3.63) is 0 Å². The van der Waals surface area contributed by atoms with Crippen molar-refractivity contribution in [2.24, 2.45) is 5.92 Å². The Labute approximate surface area is 110 Å². The first-order valence-corrected chi connectivity index (χ1v) is 7.09. The molecule has 0 radical (unpaired) electrons. The fraction of sp³-hybridized carbons (Fsp3) is 0.929. The van der Waals surface area contributed by atoms with E-state index in [2.05, 4.69) is 4.90 Å². The van der Waals surface area contributed by atoms with Gasteiger partial charge in [0.15, 0.2) is 0 Å². The normalized spacial score (nSPS) is 26.1. The molecule has 0 bridgehead atoms. The molecule has 4 nitrogen and oxygen atoms in total. The summed E-state index contributed by atoms with van der Waals surface area (Å²) in [6.07, 6.45) is 5.11. The van der Waals surface area contributed by atoms with Crippen molar-refractivity contribution < 1.29 is 14.6 Å². The lowest BCUT2D eigenvalue weighted by molar-refractivity contribution is -0.150. The first-order valence-electron chi connectivity index (χ1n) is 7.09. The predicted octanol–water partition coefficient (Wildman–Crippen LogP) is 1.81. The predicted molar refractivity (Wildman–Crippen MR) is 71.3 cm³/mol. The number of likely N-dealkylation sites (N-methyl/N-ethyl adjacent to an activating group) is 1. The number of hydrogen-bond donors (Lipinski definition) is 1. The fourth-order valence-corrected chi connectivity index (χ4v) is 2.54. The van der Waals surface area contributed by atoms with Crippen molar-refractivity contribution in [2.75, 3.05) is 20.3 Å². The zero-order chi connectivity index (χ0) is 13.5. The second-order valence-electron chi connectivity index (χ2n) is 5.37. The molecule has 1 N–H and O–H groups in total. The Morgan fingerprint density at radius 3 is 2.50 bits per heavy atom. The van der Waals surface area contributed by atoms with Gasteiger partial charge in [-0.25, -0.2) is 0 Å². The number of aliphatic hydroxyl groups excluding tert-OH is 1. The van der Waals surface area contributed by atoms with Crippen LogP contribution in [0.2, 0.25) is 0 Å². The summed E-state index contributed by atoms with van der Waals surface area (Å²) >= 11 is 0. The molecule has 0 spiro atoms. The van der Waals surface area contributed by atoms with Crippen LogP contribution in [0.15, 0.2) is 0 Å². The lowest BCUT2D eigenvalue weighted by atomic mass is 9.85. The molecule has 1 atom stereocenters. The molecule has 0 aromatic heterocycles. The van der Waals surface area contributed by atoms with Crippen LogP contribution in [-0.4, -0.2) is 48.3 Å². The quantitative estimate of drug-likeness (QED) is 0.737. The number of carbonyl (C=O) groups excluding carboxylic acids is 1. The third-order valence-electron chi connectivity index (χ3n) is 4.05. The SMILES string of the molecule is CCCOC(=O)C(C)N(C)C1CCC(CO)CC1. The molecule has 106 valence electrons. The lowest BCUT2D eigenvalue weighted by Gasteiger charge is -2.36. The van der Waals surface area contributed by atoms with Crippen molar-refractivity contribution in [2.45, 2.75) is 58.0 Å². The third-order valence-corrected chi connectivity index (χ3v) is 4.05. The molecule has 1 aliphatic carbocycles. The molecule has 18 heavy (non-hydrogen) atoms. The monoisotopic (exact) mass is 257 g/mol. The highest BCUT2D eigenvalue weighted by molar-refractivity contribution is 5.75. The van der Waals surface area contributed by atoms with Gasteiger partial charge in [0.05, 0.1) is 6.61 Å². The van der Waals surface area contributed by atoms with Crippen LogP contribution in [-0.2, 0) is 9.53 Å². The smallest absolute Gasteiger partial charge is 0.323 e. The highest BCUT2D eigenvalue weighted by atomic mass is 16.5. The van der Waals surface area contributed by atoms with Crippen LogP contribution < -0.4 is 0 Å².